The van der Waals surface area contributed by atoms with Crippen molar-refractivity contribution in [2.24, 2.45) is 11.8 Å². The predicted molar refractivity (Wildman–Crippen MR) is 125 cm³/mol. The van der Waals surface area contributed by atoms with E-state index in [2.05, 4.69) is 17.0 Å². The van der Waals surface area contributed by atoms with E-state index in [9.17, 15) is 14.0 Å². The molecule has 2 aliphatic heterocycles. The third-order valence-corrected chi connectivity index (χ3v) is 6.87. The molecule has 6 heteroatoms. The summed E-state index contributed by atoms with van der Waals surface area (Å²) in [5, 5.41) is 0. The van der Waals surface area contributed by atoms with Crippen molar-refractivity contribution in [3.05, 3.63) is 71.5 Å². The minimum atomic E-state index is -0.238. The van der Waals surface area contributed by atoms with Gasteiger partial charge in [0.25, 0.3) is 0 Å². The first-order valence-corrected chi connectivity index (χ1v) is 12.0. The van der Waals surface area contributed by atoms with Crippen molar-refractivity contribution in [2.75, 3.05) is 26.2 Å². The Morgan fingerprint density at radius 2 is 1.73 bits per heavy atom. The lowest BCUT2D eigenvalue weighted by Crippen LogP contribution is -2.49. The Morgan fingerprint density at radius 1 is 0.970 bits per heavy atom. The molecule has 0 saturated carbocycles. The molecule has 1 amide bonds. The molecule has 2 saturated heterocycles. The number of carbonyl (C=O) groups is 2. The maximum absolute atomic E-state index is 13.5. The molecule has 176 valence electrons. The van der Waals surface area contributed by atoms with Gasteiger partial charge in [-0.2, -0.15) is 0 Å². The largest absolute Gasteiger partial charge is 0.466 e. The third kappa shape index (κ3) is 5.80. The smallest absolute Gasteiger partial charge is 0.310 e. The van der Waals surface area contributed by atoms with E-state index in [0.717, 1.165) is 37.8 Å². The molecule has 0 bridgehead atoms. The molecule has 2 fully saturated rings. The highest BCUT2D eigenvalue weighted by Crippen LogP contribution is 2.36. The fraction of sp³-hybridized carbons (Fsp3) is 0.481. The van der Waals surface area contributed by atoms with Gasteiger partial charge in [0.2, 0.25) is 5.91 Å². The first-order chi connectivity index (χ1) is 16.0. The predicted octanol–water partition coefficient (Wildman–Crippen LogP) is 4.58. The van der Waals surface area contributed by atoms with Crippen LogP contribution in [0.2, 0.25) is 0 Å². The third-order valence-electron chi connectivity index (χ3n) is 6.87. The van der Waals surface area contributed by atoms with Gasteiger partial charge in [-0.15, -0.1) is 0 Å². The van der Waals surface area contributed by atoms with Crippen LogP contribution in [-0.2, 0) is 20.9 Å². The van der Waals surface area contributed by atoms with Crippen LogP contribution >= 0.6 is 0 Å². The van der Waals surface area contributed by atoms with Crippen LogP contribution in [0.4, 0.5) is 4.39 Å². The van der Waals surface area contributed by atoms with Crippen LogP contribution in [0.5, 0.6) is 0 Å². The Labute approximate surface area is 195 Å². The van der Waals surface area contributed by atoms with Crippen LogP contribution in [0.3, 0.4) is 0 Å². The summed E-state index contributed by atoms with van der Waals surface area (Å²) in [5.41, 5.74) is 2.27. The topological polar surface area (TPSA) is 49.9 Å². The van der Waals surface area contributed by atoms with Gasteiger partial charge in [0, 0.05) is 32.2 Å². The van der Waals surface area contributed by atoms with Crippen LogP contribution < -0.4 is 0 Å². The molecule has 2 aliphatic rings. The zero-order valence-corrected chi connectivity index (χ0v) is 19.3. The summed E-state index contributed by atoms with van der Waals surface area (Å²) < 4.78 is 18.7. The molecule has 0 spiro atoms. The minimum absolute atomic E-state index is 0.105. The van der Waals surface area contributed by atoms with Gasteiger partial charge in [-0.25, -0.2) is 4.39 Å². The molecule has 0 aliphatic carbocycles. The van der Waals surface area contributed by atoms with Crippen LogP contribution in [0.25, 0.3) is 0 Å². The first kappa shape index (κ1) is 23.4. The summed E-state index contributed by atoms with van der Waals surface area (Å²) in [6, 6.07) is 17.1. The minimum Gasteiger partial charge on any atom is -0.466 e. The van der Waals surface area contributed by atoms with Crippen LogP contribution in [0.15, 0.2) is 54.6 Å². The van der Waals surface area contributed by atoms with E-state index in [1.807, 2.05) is 42.2 Å². The van der Waals surface area contributed by atoms with Gasteiger partial charge in [0.15, 0.2) is 0 Å². The monoisotopic (exact) mass is 452 g/mol. The lowest BCUT2D eigenvalue weighted by atomic mass is 9.87. The van der Waals surface area contributed by atoms with Crippen molar-refractivity contribution in [1.82, 2.24) is 9.80 Å². The summed E-state index contributed by atoms with van der Waals surface area (Å²) in [6.07, 6.45) is 3.23. The molecule has 2 heterocycles. The highest BCUT2D eigenvalue weighted by molar-refractivity contribution is 5.81. The molecular formula is C27H33FN2O3. The number of benzene rings is 2. The lowest BCUT2D eigenvalue weighted by molar-refractivity contribution is -0.152. The van der Waals surface area contributed by atoms with Crippen molar-refractivity contribution in [2.45, 2.75) is 45.2 Å². The summed E-state index contributed by atoms with van der Waals surface area (Å²) in [5.74, 6) is -0.621. The molecule has 3 atom stereocenters. The number of nitrogens with zero attached hydrogens (tertiary/aromatic N) is 2. The number of piperidine rings is 2. The molecule has 4 rings (SSSR count). The maximum Gasteiger partial charge on any atom is 0.310 e. The van der Waals surface area contributed by atoms with Crippen molar-refractivity contribution < 1.29 is 18.7 Å². The average molecular weight is 453 g/mol. The van der Waals surface area contributed by atoms with Gasteiger partial charge in [-0.3, -0.25) is 14.5 Å². The van der Waals surface area contributed by atoms with Crippen molar-refractivity contribution in [1.29, 1.82) is 0 Å². The maximum atomic E-state index is 13.5. The van der Waals surface area contributed by atoms with Gasteiger partial charge in [0.05, 0.1) is 18.4 Å². The molecule has 3 unspecified atom stereocenters. The molecule has 0 N–H and O–H groups in total. The quantitative estimate of drug-likeness (QED) is 0.602. The zero-order valence-electron chi connectivity index (χ0n) is 19.3. The summed E-state index contributed by atoms with van der Waals surface area (Å²) in [7, 11) is 0. The van der Waals surface area contributed by atoms with Crippen molar-refractivity contribution >= 4 is 11.9 Å². The molecule has 5 nitrogen and oxygen atoms in total. The highest BCUT2D eigenvalue weighted by Gasteiger charge is 2.37. The zero-order chi connectivity index (χ0) is 23.2. The molecule has 2 aromatic rings. The van der Waals surface area contributed by atoms with Crippen molar-refractivity contribution in [3.8, 4) is 0 Å². The number of carbonyl (C=O) groups excluding carboxylic acids is 2. The Bertz CT molecular complexity index is 934. The number of esters is 1. The molecule has 0 aromatic heterocycles. The summed E-state index contributed by atoms with van der Waals surface area (Å²) in [4.78, 5) is 29.9. The molecule has 0 radical (unpaired) electrons. The Hall–Kier alpha value is -2.73. The van der Waals surface area contributed by atoms with E-state index < -0.39 is 0 Å². The van der Waals surface area contributed by atoms with Crippen LogP contribution in [0, 0.1) is 17.7 Å². The van der Waals surface area contributed by atoms with Gasteiger partial charge in [-0.05, 0) is 55.9 Å². The molecule has 33 heavy (non-hydrogen) atoms. The van der Waals surface area contributed by atoms with E-state index in [1.165, 1.54) is 17.7 Å². The molecular weight excluding hydrogens is 419 g/mol. The summed E-state index contributed by atoms with van der Waals surface area (Å²) in [6.45, 7) is 4.71. The average Bonchev–Trinajstić information content (AvgIpc) is 2.85. The number of amides is 1. The first-order valence-electron chi connectivity index (χ1n) is 12.0. The van der Waals surface area contributed by atoms with Gasteiger partial charge >= 0.3 is 5.97 Å². The van der Waals surface area contributed by atoms with Gasteiger partial charge < -0.3 is 9.64 Å². The van der Waals surface area contributed by atoms with Crippen LogP contribution in [0.1, 0.15) is 49.8 Å². The number of hydrogen-bond donors (Lipinski definition) is 0. The number of likely N-dealkylation sites (tertiary alicyclic amines) is 2. The second kappa shape index (κ2) is 10.9. The fourth-order valence-corrected chi connectivity index (χ4v) is 5.19. The standard InChI is InChI=1S/C27H33FN2O3/c1-2-33-27(32)23-9-6-16-29(19-23)26(31)22-12-15-25(21-10-13-24(28)14-11-21)30(18-22)17-20-7-4-3-5-8-20/h3-5,7-8,10-11,13-14,22-23,25H,2,6,9,12,15-19H2,1H3. The van der Waals surface area contributed by atoms with E-state index in [-0.39, 0.29) is 35.6 Å². The Kier molecular flexibility index (Phi) is 7.76. The fourth-order valence-electron chi connectivity index (χ4n) is 5.19. The normalized spacial score (nSPS) is 23.8. The number of ether oxygens (including phenoxy) is 1. The second-order valence-corrected chi connectivity index (χ2v) is 9.13. The Balaban J connectivity index is 1.48. The highest BCUT2D eigenvalue weighted by atomic mass is 19.1. The number of rotatable bonds is 6. The lowest BCUT2D eigenvalue weighted by Gasteiger charge is -2.42. The number of hydrogen-bond acceptors (Lipinski definition) is 4. The van der Waals surface area contributed by atoms with E-state index in [1.54, 1.807) is 0 Å². The Morgan fingerprint density at radius 3 is 2.45 bits per heavy atom. The second-order valence-electron chi connectivity index (χ2n) is 9.13. The van der Waals surface area contributed by atoms with E-state index in [4.69, 9.17) is 4.74 Å². The van der Waals surface area contributed by atoms with Gasteiger partial charge in [0.1, 0.15) is 5.82 Å². The van der Waals surface area contributed by atoms with E-state index in [0.29, 0.717) is 26.2 Å². The number of halogens is 1. The SMILES string of the molecule is CCOC(=O)C1CCCN(C(=O)C2CCC(c3ccc(F)cc3)N(Cc3ccccc3)C2)C1. The summed E-state index contributed by atoms with van der Waals surface area (Å²) >= 11 is 0. The van der Waals surface area contributed by atoms with Crippen molar-refractivity contribution in [3.63, 3.8) is 0 Å². The molecule has 2 aromatic carbocycles. The van der Waals surface area contributed by atoms with Gasteiger partial charge in [-0.1, -0.05) is 42.5 Å². The van der Waals surface area contributed by atoms with E-state index >= 15 is 0 Å². The van der Waals surface area contributed by atoms with Crippen LogP contribution in [-0.4, -0.2) is 47.9 Å².